The van der Waals surface area contributed by atoms with E-state index < -0.39 is 5.60 Å². The topological polar surface area (TPSA) is 80.7 Å². The zero-order chi connectivity index (χ0) is 27.1. The number of para-hydroxylation sites is 1. The second kappa shape index (κ2) is 12.4. The minimum absolute atomic E-state index is 0.0963. The van der Waals surface area contributed by atoms with E-state index in [4.69, 9.17) is 14.5 Å². The number of hydrogen-bond donors (Lipinski definition) is 0. The summed E-state index contributed by atoms with van der Waals surface area (Å²) in [6, 6.07) is 12.5. The lowest BCUT2D eigenvalue weighted by Crippen LogP contribution is -2.41. The molecule has 5 rings (SSSR count). The highest BCUT2D eigenvalue weighted by Crippen LogP contribution is 2.33. The van der Waals surface area contributed by atoms with E-state index in [0.29, 0.717) is 19.0 Å². The molecule has 4 heterocycles. The second-order valence-corrected chi connectivity index (χ2v) is 10.7. The minimum Gasteiger partial charge on any atom is -0.473 e. The summed E-state index contributed by atoms with van der Waals surface area (Å²) in [4.78, 5) is 30.6. The third kappa shape index (κ3) is 6.91. The number of aromatic nitrogens is 3. The minimum atomic E-state index is -0.486. The molecular formula is C30H41N5O3. The highest BCUT2D eigenvalue weighted by Gasteiger charge is 2.31. The van der Waals surface area contributed by atoms with Crippen molar-refractivity contribution in [2.24, 2.45) is 0 Å². The molecule has 2 saturated heterocycles. The molecule has 1 amide bonds. The maximum Gasteiger partial charge on any atom is 0.410 e. The van der Waals surface area contributed by atoms with Crippen LogP contribution in [-0.2, 0) is 4.74 Å². The first-order chi connectivity index (χ1) is 18.4. The predicted molar refractivity (Wildman–Crippen MR) is 151 cm³/mol. The number of anilines is 1. The molecule has 8 nitrogen and oxygen atoms in total. The Hall–Kier alpha value is -3.42. The lowest BCUT2D eigenvalue weighted by molar-refractivity contribution is 0.0203. The fraction of sp³-hybridized carbons (Fsp3) is 0.533. The fourth-order valence-corrected chi connectivity index (χ4v) is 4.96. The van der Waals surface area contributed by atoms with Gasteiger partial charge in [0.15, 0.2) is 0 Å². The SMILES string of the molecule is CC.CC(C)(C)OC(=O)N1CCC(c2nccnc2OC2CCN(c3ccc4ccccc4n3)CC2)CC1. The predicted octanol–water partition coefficient (Wildman–Crippen LogP) is 6.21. The monoisotopic (exact) mass is 519 g/mol. The van der Waals surface area contributed by atoms with Crippen molar-refractivity contribution in [1.29, 1.82) is 0 Å². The highest BCUT2D eigenvalue weighted by molar-refractivity contribution is 5.80. The van der Waals surface area contributed by atoms with E-state index in [9.17, 15) is 4.79 Å². The molecule has 8 heteroatoms. The Balaban J connectivity index is 0.00000164. The average Bonchev–Trinajstić information content (AvgIpc) is 2.94. The van der Waals surface area contributed by atoms with E-state index in [0.717, 1.165) is 61.2 Å². The van der Waals surface area contributed by atoms with Gasteiger partial charge in [-0.3, -0.25) is 4.98 Å². The molecule has 2 aliphatic heterocycles. The van der Waals surface area contributed by atoms with E-state index in [1.165, 1.54) is 0 Å². The molecule has 2 aliphatic rings. The third-order valence-electron chi connectivity index (χ3n) is 6.85. The lowest BCUT2D eigenvalue weighted by Gasteiger charge is -2.35. The molecule has 3 aromatic rings. The van der Waals surface area contributed by atoms with Crippen molar-refractivity contribution in [2.45, 2.75) is 77.9 Å². The Bertz CT molecular complexity index is 1200. The summed E-state index contributed by atoms with van der Waals surface area (Å²) in [6.07, 6.45) is 6.73. The van der Waals surface area contributed by atoms with E-state index >= 15 is 0 Å². The van der Waals surface area contributed by atoms with Crippen LogP contribution in [-0.4, -0.2) is 63.8 Å². The van der Waals surface area contributed by atoms with Gasteiger partial charge in [0.25, 0.3) is 0 Å². The van der Waals surface area contributed by atoms with Crippen LogP contribution in [0.2, 0.25) is 0 Å². The number of fused-ring (bicyclic) bond motifs is 1. The van der Waals surface area contributed by atoms with E-state index in [1.54, 1.807) is 17.3 Å². The normalized spacial score (nSPS) is 17.1. The Kier molecular flexibility index (Phi) is 9.02. The molecule has 2 aromatic heterocycles. The van der Waals surface area contributed by atoms with Crippen molar-refractivity contribution in [3.05, 3.63) is 54.5 Å². The van der Waals surface area contributed by atoms with Crippen LogP contribution in [0.5, 0.6) is 5.88 Å². The van der Waals surface area contributed by atoms with Crippen LogP contribution in [0.4, 0.5) is 10.6 Å². The first-order valence-corrected chi connectivity index (χ1v) is 13.9. The number of pyridine rings is 1. The van der Waals surface area contributed by atoms with Crippen molar-refractivity contribution in [3.8, 4) is 5.88 Å². The number of amides is 1. The van der Waals surface area contributed by atoms with Crippen molar-refractivity contribution in [1.82, 2.24) is 19.9 Å². The van der Waals surface area contributed by atoms with Gasteiger partial charge in [0.2, 0.25) is 5.88 Å². The summed E-state index contributed by atoms with van der Waals surface area (Å²) < 4.78 is 11.9. The van der Waals surface area contributed by atoms with Gasteiger partial charge in [0, 0.05) is 62.7 Å². The fourth-order valence-electron chi connectivity index (χ4n) is 4.96. The number of likely N-dealkylation sites (tertiary alicyclic amines) is 1. The van der Waals surface area contributed by atoms with Crippen LogP contribution >= 0.6 is 0 Å². The molecule has 38 heavy (non-hydrogen) atoms. The molecular weight excluding hydrogens is 478 g/mol. The lowest BCUT2D eigenvalue weighted by atomic mass is 9.93. The first-order valence-electron chi connectivity index (χ1n) is 13.9. The molecule has 0 N–H and O–H groups in total. The molecule has 0 radical (unpaired) electrons. The van der Waals surface area contributed by atoms with Crippen LogP contribution in [0.15, 0.2) is 48.8 Å². The third-order valence-corrected chi connectivity index (χ3v) is 6.85. The number of hydrogen-bond acceptors (Lipinski definition) is 7. The van der Waals surface area contributed by atoms with E-state index in [1.807, 2.05) is 46.8 Å². The Labute approximate surface area is 226 Å². The van der Waals surface area contributed by atoms with Gasteiger partial charge in [-0.15, -0.1) is 0 Å². The summed E-state index contributed by atoms with van der Waals surface area (Å²) in [6.45, 7) is 12.7. The molecule has 0 bridgehead atoms. The Morgan fingerprint density at radius 2 is 1.58 bits per heavy atom. The summed E-state index contributed by atoms with van der Waals surface area (Å²) in [5.74, 6) is 1.87. The number of ether oxygens (including phenoxy) is 2. The van der Waals surface area contributed by atoms with E-state index in [-0.39, 0.29) is 18.1 Å². The van der Waals surface area contributed by atoms with Crippen LogP contribution < -0.4 is 9.64 Å². The largest absolute Gasteiger partial charge is 0.473 e. The first kappa shape index (κ1) is 27.6. The molecule has 0 aliphatic carbocycles. The molecule has 0 spiro atoms. The standard InChI is InChI=1S/C28H35N5O3.C2H6/c1-28(2,3)36-27(34)33-16-10-21(11-17-33)25-26(30-15-14-29-25)35-22-12-18-32(19-13-22)24-9-8-20-6-4-5-7-23(20)31-24;1-2/h4-9,14-15,21-22H,10-13,16-19H2,1-3H3;1-2H3. The summed E-state index contributed by atoms with van der Waals surface area (Å²) in [7, 11) is 0. The van der Waals surface area contributed by atoms with Gasteiger partial charge in [0.05, 0.1) is 5.52 Å². The molecule has 0 unspecified atom stereocenters. The maximum absolute atomic E-state index is 12.4. The Morgan fingerprint density at radius 3 is 2.29 bits per heavy atom. The average molecular weight is 520 g/mol. The van der Waals surface area contributed by atoms with Gasteiger partial charge in [-0.1, -0.05) is 32.0 Å². The zero-order valence-corrected chi connectivity index (χ0v) is 23.4. The van der Waals surface area contributed by atoms with E-state index in [2.05, 4.69) is 39.1 Å². The van der Waals surface area contributed by atoms with Gasteiger partial charge in [-0.05, 0) is 51.8 Å². The summed E-state index contributed by atoms with van der Waals surface area (Å²) in [5.41, 5.74) is 1.44. The smallest absolute Gasteiger partial charge is 0.410 e. The Morgan fingerprint density at radius 1 is 0.895 bits per heavy atom. The van der Waals surface area contributed by atoms with Crippen LogP contribution in [0.25, 0.3) is 10.9 Å². The van der Waals surface area contributed by atoms with Crippen LogP contribution in [0, 0.1) is 0 Å². The van der Waals surface area contributed by atoms with Crippen molar-refractivity contribution >= 4 is 22.8 Å². The quantitative estimate of drug-likeness (QED) is 0.405. The molecule has 1 aromatic carbocycles. The van der Waals surface area contributed by atoms with Crippen molar-refractivity contribution < 1.29 is 14.3 Å². The number of nitrogens with zero attached hydrogens (tertiary/aromatic N) is 5. The maximum atomic E-state index is 12.4. The van der Waals surface area contributed by atoms with Crippen molar-refractivity contribution in [3.63, 3.8) is 0 Å². The molecule has 0 saturated carbocycles. The van der Waals surface area contributed by atoms with Gasteiger partial charge in [-0.2, -0.15) is 0 Å². The van der Waals surface area contributed by atoms with Gasteiger partial charge < -0.3 is 19.3 Å². The number of piperidine rings is 2. The highest BCUT2D eigenvalue weighted by atomic mass is 16.6. The van der Waals surface area contributed by atoms with Crippen molar-refractivity contribution in [2.75, 3.05) is 31.1 Å². The van der Waals surface area contributed by atoms with Gasteiger partial charge in [0.1, 0.15) is 23.2 Å². The van der Waals surface area contributed by atoms with Crippen LogP contribution in [0.1, 0.15) is 71.9 Å². The van der Waals surface area contributed by atoms with Crippen LogP contribution in [0.3, 0.4) is 0 Å². The van der Waals surface area contributed by atoms with Gasteiger partial charge in [-0.25, -0.2) is 14.8 Å². The number of carbonyl (C=O) groups excluding carboxylic acids is 1. The number of carbonyl (C=O) groups is 1. The molecule has 2 fully saturated rings. The molecule has 0 atom stereocenters. The number of rotatable bonds is 4. The number of benzene rings is 1. The summed E-state index contributed by atoms with van der Waals surface area (Å²) in [5, 5.41) is 1.16. The van der Waals surface area contributed by atoms with Gasteiger partial charge >= 0.3 is 6.09 Å². The molecule has 204 valence electrons. The zero-order valence-electron chi connectivity index (χ0n) is 23.4. The summed E-state index contributed by atoms with van der Waals surface area (Å²) >= 11 is 0. The second-order valence-electron chi connectivity index (χ2n) is 10.7.